The summed E-state index contributed by atoms with van der Waals surface area (Å²) in [5, 5.41) is 4.14. The highest BCUT2D eigenvalue weighted by atomic mass is 16.6. The average Bonchev–Trinajstić information content (AvgIpc) is 2.76. The first-order valence-corrected chi connectivity index (χ1v) is 9.95. The van der Waals surface area contributed by atoms with E-state index in [1.807, 2.05) is 30.3 Å². The number of fused-ring (bicyclic) bond motifs is 1. The number of nitrogens with zero attached hydrogens (tertiary/aromatic N) is 3. The van der Waals surface area contributed by atoms with Crippen molar-refractivity contribution in [1.29, 1.82) is 0 Å². The summed E-state index contributed by atoms with van der Waals surface area (Å²) in [5.74, 6) is 1.59. The number of aryl methyl sites for hydroxylation is 1. The molecule has 1 aliphatic rings. The molecule has 6 heteroatoms. The monoisotopic (exact) mass is 391 g/mol. The SMILES string of the molecule is O=c1cccnn1CCCN(Cc1ccccc1)CC1COc2ccccc2O1. The topological polar surface area (TPSA) is 56.6 Å². The zero-order valence-electron chi connectivity index (χ0n) is 16.3. The number of rotatable bonds is 8. The van der Waals surface area contributed by atoms with Crippen LogP contribution >= 0.6 is 0 Å². The maximum atomic E-state index is 11.9. The highest BCUT2D eigenvalue weighted by molar-refractivity contribution is 5.40. The summed E-state index contributed by atoms with van der Waals surface area (Å²) in [5.41, 5.74) is 1.18. The summed E-state index contributed by atoms with van der Waals surface area (Å²) in [6.45, 7) is 3.52. The van der Waals surface area contributed by atoms with E-state index in [-0.39, 0.29) is 11.7 Å². The number of hydrogen-bond acceptors (Lipinski definition) is 5. The van der Waals surface area contributed by atoms with Crippen molar-refractivity contribution in [2.75, 3.05) is 19.7 Å². The van der Waals surface area contributed by atoms with Gasteiger partial charge in [0.2, 0.25) is 0 Å². The molecule has 0 N–H and O–H groups in total. The van der Waals surface area contributed by atoms with Crippen LogP contribution in [-0.4, -0.2) is 40.5 Å². The molecule has 2 aromatic carbocycles. The van der Waals surface area contributed by atoms with E-state index in [4.69, 9.17) is 9.47 Å². The van der Waals surface area contributed by atoms with E-state index in [1.165, 1.54) is 10.2 Å². The number of para-hydroxylation sites is 2. The molecule has 1 unspecified atom stereocenters. The Hall–Kier alpha value is -3.12. The quantitative estimate of drug-likeness (QED) is 0.591. The van der Waals surface area contributed by atoms with E-state index in [0.717, 1.165) is 37.6 Å². The lowest BCUT2D eigenvalue weighted by Gasteiger charge is -2.31. The lowest BCUT2D eigenvalue weighted by Crippen LogP contribution is -2.41. The van der Waals surface area contributed by atoms with E-state index in [2.05, 4.69) is 34.3 Å². The van der Waals surface area contributed by atoms with E-state index >= 15 is 0 Å². The molecular formula is C23H25N3O3. The standard InChI is InChI=1S/C23H25N3O3/c27-23-12-6-13-24-26(23)15-7-14-25(16-19-8-2-1-3-9-19)17-20-18-28-21-10-4-5-11-22(21)29-20/h1-6,8-13,20H,7,14-18H2. The molecule has 0 saturated carbocycles. The van der Waals surface area contributed by atoms with Crippen LogP contribution in [-0.2, 0) is 13.1 Å². The second-order valence-corrected chi connectivity index (χ2v) is 7.16. The van der Waals surface area contributed by atoms with Crippen molar-refractivity contribution in [3.05, 3.63) is 88.8 Å². The molecule has 2 heterocycles. The second-order valence-electron chi connectivity index (χ2n) is 7.16. The Labute approximate surface area is 170 Å². The summed E-state index contributed by atoms with van der Waals surface area (Å²) in [6, 6.07) is 21.4. The van der Waals surface area contributed by atoms with Gasteiger partial charge < -0.3 is 9.47 Å². The number of hydrogen-bond donors (Lipinski definition) is 0. The molecule has 1 aromatic heterocycles. The number of ether oxygens (including phenoxy) is 2. The average molecular weight is 391 g/mol. The lowest BCUT2D eigenvalue weighted by molar-refractivity contribution is 0.0556. The van der Waals surface area contributed by atoms with Crippen molar-refractivity contribution in [3.8, 4) is 11.5 Å². The van der Waals surface area contributed by atoms with Gasteiger partial charge >= 0.3 is 0 Å². The zero-order chi connectivity index (χ0) is 19.9. The van der Waals surface area contributed by atoms with E-state index in [0.29, 0.717) is 13.2 Å². The Morgan fingerprint density at radius 3 is 2.62 bits per heavy atom. The molecule has 150 valence electrons. The van der Waals surface area contributed by atoms with Gasteiger partial charge in [-0.15, -0.1) is 0 Å². The summed E-state index contributed by atoms with van der Waals surface area (Å²) in [6.07, 6.45) is 2.44. The van der Waals surface area contributed by atoms with Gasteiger partial charge in [-0.05, 0) is 30.2 Å². The predicted molar refractivity (Wildman–Crippen MR) is 111 cm³/mol. The molecule has 0 fully saturated rings. The van der Waals surface area contributed by atoms with Crippen LogP contribution in [0, 0.1) is 0 Å². The molecule has 0 saturated heterocycles. The molecule has 0 aliphatic carbocycles. The molecule has 0 radical (unpaired) electrons. The molecular weight excluding hydrogens is 366 g/mol. The second kappa shape index (κ2) is 9.39. The van der Waals surface area contributed by atoms with Crippen LogP contribution in [0.3, 0.4) is 0 Å². The van der Waals surface area contributed by atoms with Gasteiger partial charge in [-0.2, -0.15) is 5.10 Å². The highest BCUT2D eigenvalue weighted by Gasteiger charge is 2.23. The fraction of sp³-hybridized carbons (Fsp3) is 0.304. The largest absolute Gasteiger partial charge is 0.486 e. The first-order chi connectivity index (χ1) is 14.3. The van der Waals surface area contributed by atoms with E-state index < -0.39 is 0 Å². The van der Waals surface area contributed by atoms with Gasteiger partial charge in [-0.3, -0.25) is 9.69 Å². The van der Waals surface area contributed by atoms with Crippen molar-refractivity contribution in [2.24, 2.45) is 0 Å². The van der Waals surface area contributed by atoms with Crippen molar-refractivity contribution in [3.63, 3.8) is 0 Å². The minimum Gasteiger partial charge on any atom is -0.486 e. The van der Waals surface area contributed by atoms with Crippen LogP contribution in [0.1, 0.15) is 12.0 Å². The first kappa shape index (κ1) is 19.2. The molecule has 0 spiro atoms. The fourth-order valence-electron chi connectivity index (χ4n) is 3.52. The number of benzene rings is 2. The third kappa shape index (κ3) is 5.23. The number of aromatic nitrogens is 2. The van der Waals surface area contributed by atoms with Crippen LogP contribution in [0.2, 0.25) is 0 Å². The molecule has 1 atom stereocenters. The minimum atomic E-state index is -0.0669. The fourth-order valence-corrected chi connectivity index (χ4v) is 3.52. The normalized spacial score (nSPS) is 15.4. The van der Waals surface area contributed by atoms with Crippen molar-refractivity contribution >= 4 is 0 Å². The smallest absolute Gasteiger partial charge is 0.266 e. The Morgan fingerprint density at radius 1 is 1.00 bits per heavy atom. The summed E-state index contributed by atoms with van der Waals surface area (Å²) < 4.78 is 13.5. The zero-order valence-corrected chi connectivity index (χ0v) is 16.3. The maximum Gasteiger partial charge on any atom is 0.266 e. The van der Waals surface area contributed by atoms with Gasteiger partial charge in [-0.1, -0.05) is 42.5 Å². The van der Waals surface area contributed by atoms with Crippen molar-refractivity contribution in [1.82, 2.24) is 14.7 Å². The third-order valence-corrected chi connectivity index (χ3v) is 4.91. The van der Waals surface area contributed by atoms with Crippen LogP contribution in [0.5, 0.6) is 11.5 Å². The minimum absolute atomic E-state index is 0.0359. The molecule has 4 rings (SSSR count). The van der Waals surface area contributed by atoms with E-state index in [9.17, 15) is 4.79 Å². The molecule has 29 heavy (non-hydrogen) atoms. The van der Waals surface area contributed by atoms with Crippen LogP contribution in [0.4, 0.5) is 0 Å². The molecule has 1 aliphatic heterocycles. The summed E-state index contributed by atoms with van der Waals surface area (Å²) >= 11 is 0. The van der Waals surface area contributed by atoms with Crippen molar-refractivity contribution in [2.45, 2.75) is 25.6 Å². The van der Waals surface area contributed by atoms with Crippen molar-refractivity contribution < 1.29 is 9.47 Å². The third-order valence-electron chi connectivity index (χ3n) is 4.91. The van der Waals surface area contributed by atoms with Gasteiger partial charge in [-0.25, -0.2) is 4.68 Å². The Morgan fingerprint density at radius 2 is 1.79 bits per heavy atom. The Bertz CT molecular complexity index is 974. The first-order valence-electron chi connectivity index (χ1n) is 9.95. The Balaban J connectivity index is 1.39. The molecule has 3 aromatic rings. The molecule has 0 bridgehead atoms. The van der Waals surface area contributed by atoms with E-state index in [1.54, 1.807) is 18.3 Å². The van der Waals surface area contributed by atoms with Gasteiger partial charge in [0.15, 0.2) is 11.5 Å². The molecule has 6 nitrogen and oxygen atoms in total. The van der Waals surface area contributed by atoms with Gasteiger partial charge in [0.1, 0.15) is 12.7 Å². The molecule has 0 amide bonds. The van der Waals surface area contributed by atoms with Crippen LogP contribution in [0.25, 0.3) is 0 Å². The van der Waals surface area contributed by atoms with Crippen LogP contribution < -0.4 is 15.0 Å². The van der Waals surface area contributed by atoms with Gasteiger partial charge in [0, 0.05) is 38.4 Å². The predicted octanol–water partition coefficient (Wildman–Crippen LogP) is 2.98. The van der Waals surface area contributed by atoms with Crippen LogP contribution in [0.15, 0.2) is 77.7 Å². The Kier molecular flexibility index (Phi) is 6.22. The summed E-state index contributed by atoms with van der Waals surface area (Å²) in [7, 11) is 0. The summed E-state index contributed by atoms with van der Waals surface area (Å²) in [4.78, 5) is 14.2. The maximum absolute atomic E-state index is 11.9. The van der Waals surface area contributed by atoms with Gasteiger partial charge in [0.25, 0.3) is 5.56 Å². The lowest BCUT2D eigenvalue weighted by atomic mass is 10.2. The highest BCUT2D eigenvalue weighted by Crippen LogP contribution is 2.31. The van der Waals surface area contributed by atoms with Gasteiger partial charge in [0.05, 0.1) is 0 Å².